The lowest BCUT2D eigenvalue weighted by atomic mass is 10.1. The molecule has 0 unspecified atom stereocenters. The molecule has 102 valence electrons. The molecule has 1 fully saturated rings. The van der Waals surface area contributed by atoms with E-state index in [0.29, 0.717) is 6.61 Å². The van der Waals surface area contributed by atoms with Gasteiger partial charge in [0.1, 0.15) is 24.4 Å². The van der Waals surface area contributed by atoms with Crippen molar-refractivity contribution < 1.29 is 28.4 Å². The van der Waals surface area contributed by atoms with Crippen molar-refractivity contribution >= 4 is 0 Å². The molecule has 0 spiro atoms. The van der Waals surface area contributed by atoms with E-state index in [0.717, 1.165) is 0 Å². The Kier molecular flexibility index (Phi) is 6.32. The van der Waals surface area contributed by atoms with Crippen LogP contribution in [0.1, 0.15) is 0 Å². The number of ether oxygens (including phenoxy) is 6. The van der Waals surface area contributed by atoms with Crippen LogP contribution in [-0.4, -0.2) is 72.9 Å². The predicted octanol–water partition coefficient (Wildman–Crippen LogP) is 0.0491. The summed E-state index contributed by atoms with van der Waals surface area (Å²) in [5.41, 5.74) is 0. The van der Waals surface area contributed by atoms with Gasteiger partial charge in [0.15, 0.2) is 6.29 Å². The summed E-state index contributed by atoms with van der Waals surface area (Å²) in [6.45, 7) is 0.424. The minimum absolute atomic E-state index is 0.220. The van der Waals surface area contributed by atoms with Crippen molar-refractivity contribution in [3.63, 3.8) is 0 Å². The fourth-order valence-electron chi connectivity index (χ4n) is 2.12. The summed E-state index contributed by atoms with van der Waals surface area (Å²) >= 11 is 0. The summed E-state index contributed by atoms with van der Waals surface area (Å²) in [6.07, 6.45) is -1.47. The number of methoxy groups -OCH3 is 5. The second-order valence-corrected chi connectivity index (χ2v) is 3.83. The Labute approximate surface area is 102 Å². The molecule has 6 heteroatoms. The maximum Gasteiger partial charge on any atom is 0.186 e. The van der Waals surface area contributed by atoms with Crippen molar-refractivity contribution in [3.8, 4) is 0 Å². The fourth-order valence-corrected chi connectivity index (χ4v) is 2.12. The van der Waals surface area contributed by atoms with Crippen molar-refractivity contribution in [2.75, 3.05) is 42.2 Å². The van der Waals surface area contributed by atoms with Gasteiger partial charge in [-0.3, -0.25) is 0 Å². The molecule has 0 N–H and O–H groups in total. The highest BCUT2D eigenvalue weighted by Crippen LogP contribution is 2.29. The van der Waals surface area contributed by atoms with Gasteiger partial charge in [0.2, 0.25) is 0 Å². The first kappa shape index (κ1) is 14.8. The standard InChI is InChI=1S/C11H22O6/c1-12-6-7(13-2)8-9(14-3)10(15-4)11(16-5)17-8/h7-11H,6H2,1-5H3/t7-,8-,9+,10-,11+/m1/s1. The molecule has 1 saturated heterocycles. The van der Waals surface area contributed by atoms with Crippen LogP contribution in [0.4, 0.5) is 0 Å². The van der Waals surface area contributed by atoms with Gasteiger partial charge < -0.3 is 28.4 Å². The van der Waals surface area contributed by atoms with Crippen LogP contribution in [0, 0.1) is 0 Å². The first-order valence-electron chi connectivity index (χ1n) is 5.49. The molecule has 1 heterocycles. The quantitative estimate of drug-likeness (QED) is 0.636. The van der Waals surface area contributed by atoms with E-state index in [4.69, 9.17) is 28.4 Å². The zero-order valence-corrected chi connectivity index (χ0v) is 11.0. The maximum absolute atomic E-state index is 5.75. The summed E-state index contributed by atoms with van der Waals surface area (Å²) in [7, 11) is 8.02. The van der Waals surface area contributed by atoms with Crippen molar-refractivity contribution in [1.29, 1.82) is 0 Å². The minimum atomic E-state index is -0.454. The summed E-state index contributed by atoms with van der Waals surface area (Å²) in [5, 5.41) is 0. The van der Waals surface area contributed by atoms with E-state index >= 15 is 0 Å². The van der Waals surface area contributed by atoms with Crippen molar-refractivity contribution in [2.45, 2.75) is 30.7 Å². The van der Waals surface area contributed by atoms with E-state index in [1.807, 2.05) is 0 Å². The van der Waals surface area contributed by atoms with Crippen LogP contribution in [0.5, 0.6) is 0 Å². The van der Waals surface area contributed by atoms with E-state index in [2.05, 4.69) is 0 Å². The van der Waals surface area contributed by atoms with E-state index in [-0.39, 0.29) is 24.4 Å². The third-order valence-corrected chi connectivity index (χ3v) is 2.98. The first-order chi connectivity index (χ1) is 8.23. The van der Waals surface area contributed by atoms with Crippen LogP contribution in [-0.2, 0) is 28.4 Å². The van der Waals surface area contributed by atoms with Crippen molar-refractivity contribution in [3.05, 3.63) is 0 Å². The van der Waals surface area contributed by atoms with Gasteiger partial charge in [0.05, 0.1) is 6.61 Å². The minimum Gasteiger partial charge on any atom is -0.382 e. The predicted molar refractivity (Wildman–Crippen MR) is 59.9 cm³/mol. The summed E-state index contributed by atoms with van der Waals surface area (Å²) < 4.78 is 32.2. The van der Waals surface area contributed by atoms with Gasteiger partial charge in [0, 0.05) is 35.5 Å². The zero-order chi connectivity index (χ0) is 12.8. The van der Waals surface area contributed by atoms with Crippen LogP contribution in [0.25, 0.3) is 0 Å². The second-order valence-electron chi connectivity index (χ2n) is 3.83. The van der Waals surface area contributed by atoms with E-state index in [1.165, 1.54) is 0 Å². The Balaban J connectivity index is 2.76. The number of hydrogen-bond donors (Lipinski definition) is 0. The van der Waals surface area contributed by atoms with Gasteiger partial charge in [-0.15, -0.1) is 0 Å². The topological polar surface area (TPSA) is 55.4 Å². The highest BCUT2D eigenvalue weighted by Gasteiger charge is 2.49. The normalized spacial score (nSPS) is 35.1. The molecule has 1 rings (SSSR count). The highest BCUT2D eigenvalue weighted by atomic mass is 16.7. The molecule has 17 heavy (non-hydrogen) atoms. The SMILES string of the molecule is COC[C@@H](OC)[C@H]1O[C@H](OC)[C@H](OC)[C@H]1OC. The molecule has 6 nitrogen and oxygen atoms in total. The third kappa shape index (κ3) is 3.15. The summed E-state index contributed by atoms with van der Waals surface area (Å²) in [6, 6.07) is 0. The molecule has 0 radical (unpaired) electrons. The molecular weight excluding hydrogens is 228 g/mol. The zero-order valence-electron chi connectivity index (χ0n) is 11.0. The van der Waals surface area contributed by atoms with Crippen molar-refractivity contribution in [2.24, 2.45) is 0 Å². The monoisotopic (exact) mass is 250 g/mol. The Morgan fingerprint density at radius 1 is 0.941 bits per heavy atom. The van der Waals surface area contributed by atoms with Gasteiger partial charge >= 0.3 is 0 Å². The summed E-state index contributed by atoms with van der Waals surface area (Å²) in [5.74, 6) is 0. The lowest BCUT2D eigenvalue weighted by Gasteiger charge is -2.26. The Hall–Kier alpha value is -0.240. The molecule has 0 saturated carbocycles. The molecule has 0 amide bonds. The second kappa shape index (κ2) is 7.25. The number of rotatable bonds is 7. The molecule has 5 atom stereocenters. The lowest BCUT2D eigenvalue weighted by Crippen LogP contribution is -2.43. The highest BCUT2D eigenvalue weighted by molar-refractivity contribution is 4.93. The first-order valence-corrected chi connectivity index (χ1v) is 5.49. The van der Waals surface area contributed by atoms with E-state index in [9.17, 15) is 0 Å². The summed E-state index contributed by atoms with van der Waals surface area (Å²) in [4.78, 5) is 0. The molecule has 1 aliphatic heterocycles. The molecule has 0 aromatic heterocycles. The van der Waals surface area contributed by atoms with Gasteiger partial charge in [-0.1, -0.05) is 0 Å². The Bertz CT molecular complexity index is 212. The largest absolute Gasteiger partial charge is 0.382 e. The average Bonchev–Trinajstić information content (AvgIpc) is 2.73. The third-order valence-electron chi connectivity index (χ3n) is 2.98. The van der Waals surface area contributed by atoms with Crippen LogP contribution in [0.3, 0.4) is 0 Å². The van der Waals surface area contributed by atoms with Crippen LogP contribution in [0.15, 0.2) is 0 Å². The van der Waals surface area contributed by atoms with Gasteiger partial charge in [-0.25, -0.2) is 0 Å². The van der Waals surface area contributed by atoms with Gasteiger partial charge in [-0.05, 0) is 0 Å². The fraction of sp³-hybridized carbons (Fsp3) is 1.00. The van der Waals surface area contributed by atoms with Crippen molar-refractivity contribution in [1.82, 2.24) is 0 Å². The van der Waals surface area contributed by atoms with Crippen LogP contribution >= 0.6 is 0 Å². The van der Waals surface area contributed by atoms with Crippen LogP contribution in [0.2, 0.25) is 0 Å². The lowest BCUT2D eigenvalue weighted by molar-refractivity contribution is -0.175. The molecule has 0 bridgehead atoms. The molecular formula is C11H22O6. The molecule has 1 aliphatic rings. The average molecular weight is 250 g/mol. The van der Waals surface area contributed by atoms with Crippen LogP contribution < -0.4 is 0 Å². The van der Waals surface area contributed by atoms with E-state index in [1.54, 1.807) is 35.5 Å². The Morgan fingerprint density at radius 3 is 2.00 bits per heavy atom. The Morgan fingerprint density at radius 2 is 1.59 bits per heavy atom. The molecule has 0 aliphatic carbocycles. The van der Waals surface area contributed by atoms with E-state index < -0.39 is 6.29 Å². The molecule has 0 aromatic carbocycles. The van der Waals surface area contributed by atoms with Gasteiger partial charge in [-0.2, -0.15) is 0 Å². The smallest absolute Gasteiger partial charge is 0.186 e. The molecule has 0 aromatic rings. The van der Waals surface area contributed by atoms with Gasteiger partial charge in [0.25, 0.3) is 0 Å². The maximum atomic E-state index is 5.75. The number of hydrogen-bond acceptors (Lipinski definition) is 6.